The fourth-order valence-corrected chi connectivity index (χ4v) is 5.22. The average molecular weight is 498 g/mol. The number of amides is 3. The van der Waals surface area contributed by atoms with Crippen LogP contribution < -0.4 is 4.74 Å². The predicted molar refractivity (Wildman–Crippen MR) is 136 cm³/mol. The van der Waals surface area contributed by atoms with Gasteiger partial charge in [0.15, 0.2) is 0 Å². The third-order valence-corrected chi connectivity index (χ3v) is 7.02. The van der Waals surface area contributed by atoms with Crippen molar-refractivity contribution < 1.29 is 19.1 Å². The van der Waals surface area contributed by atoms with Crippen molar-refractivity contribution >= 4 is 29.6 Å². The standard InChI is InChI=1S/C27H32ClN3O4/c1-34-16-15-31-26(33)30(19-22-9-6-10-24(18-22)35-2)25(32)27(31)11-13-29(14-12-27)20-23(28)17-21-7-4-3-5-8-21/h3-10,17-18H,11-16,19-20H2,1-2H3/b23-17-. The normalized spacial score (nSPS) is 18.5. The Kier molecular flexibility index (Phi) is 8.11. The van der Waals surface area contributed by atoms with E-state index in [9.17, 15) is 9.59 Å². The van der Waals surface area contributed by atoms with Gasteiger partial charge in [0.25, 0.3) is 5.91 Å². The van der Waals surface area contributed by atoms with Crippen molar-refractivity contribution in [1.82, 2.24) is 14.7 Å². The zero-order chi connectivity index (χ0) is 24.8. The monoisotopic (exact) mass is 497 g/mol. The van der Waals surface area contributed by atoms with Gasteiger partial charge in [0, 0.05) is 38.3 Å². The van der Waals surface area contributed by atoms with E-state index in [-0.39, 0.29) is 18.5 Å². The lowest BCUT2D eigenvalue weighted by Gasteiger charge is -2.42. The van der Waals surface area contributed by atoms with Crippen molar-refractivity contribution in [3.05, 3.63) is 70.8 Å². The number of hydrogen-bond acceptors (Lipinski definition) is 5. The van der Waals surface area contributed by atoms with Gasteiger partial charge in [-0.05, 0) is 42.2 Å². The number of urea groups is 1. The van der Waals surface area contributed by atoms with Crippen LogP contribution in [0, 0.1) is 0 Å². The molecule has 0 unspecified atom stereocenters. The molecule has 1 spiro atoms. The van der Waals surface area contributed by atoms with Gasteiger partial charge in [0.1, 0.15) is 11.3 Å². The molecule has 0 atom stereocenters. The molecule has 8 heteroatoms. The number of carbonyl (C=O) groups excluding carboxylic acids is 2. The summed E-state index contributed by atoms with van der Waals surface area (Å²) in [4.78, 5) is 32.5. The van der Waals surface area contributed by atoms with Gasteiger partial charge >= 0.3 is 6.03 Å². The first-order valence-electron chi connectivity index (χ1n) is 11.9. The second-order valence-corrected chi connectivity index (χ2v) is 9.46. The van der Waals surface area contributed by atoms with Gasteiger partial charge in [-0.1, -0.05) is 54.1 Å². The van der Waals surface area contributed by atoms with Crippen molar-refractivity contribution in [2.75, 3.05) is 47.0 Å². The van der Waals surface area contributed by atoms with E-state index < -0.39 is 5.54 Å². The van der Waals surface area contributed by atoms with Crippen LogP contribution in [0.5, 0.6) is 5.75 Å². The number of rotatable bonds is 9. The summed E-state index contributed by atoms with van der Waals surface area (Å²) < 4.78 is 10.6. The van der Waals surface area contributed by atoms with Crippen LogP contribution in [0.4, 0.5) is 4.79 Å². The van der Waals surface area contributed by atoms with Crippen LogP contribution in [0.1, 0.15) is 24.0 Å². The summed E-state index contributed by atoms with van der Waals surface area (Å²) in [7, 11) is 3.20. The third kappa shape index (κ3) is 5.53. The first-order chi connectivity index (χ1) is 17.0. The molecule has 2 aliphatic rings. The Morgan fingerprint density at radius 3 is 2.49 bits per heavy atom. The maximum Gasteiger partial charge on any atom is 0.328 e. The minimum atomic E-state index is -0.847. The zero-order valence-corrected chi connectivity index (χ0v) is 21.0. The fourth-order valence-electron chi connectivity index (χ4n) is 4.92. The van der Waals surface area contributed by atoms with Crippen molar-refractivity contribution in [3.63, 3.8) is 0 Å². The molecule has 3 amide bonds. The van der Waals surface area contributed by atoms with Crippen LogP contribution in [0.3, 0.4) is 0 Å². The number of ether oxygens (including phenoxy) is 2. The summed E-state index contributed by atoms with van der Waals surface area (Å²) in [5.74, 6) is 0.563. The van der Waals surface area contributed by atoms with Crippen LogP contribution in [0.2, 0.25) is 0 Å². The second-order valence-electron chi connectivity index (χ2n) is 8.98. The Hall–Kier alpha value is -2.87. The van der Waals surface area contributed by atoms with E-state index in [1.54, 1.807) is 19.1 Å². The van der Waals surface area contributed by atoms with Crippen LogP contribution >= 0.6 is 11.6 Å². The highest BCUT2D eigenvalue weighted by molar-refractivity contribution is 6.31. The number of imide groups is 1. The van der Waals surface area contributed by atoms with Crippen molar-refractivity contribution in [2.45, 2.75) is 24.9 Å². The molecule has 2 saturated heterocycles. The molecular weight excluding hydrogens is 466 g/mol. The number of nitrogens with zero attached hydrogens (tertiary/aromatic N) is 3. The molecule has 0 saturated carbocycles. The molecule has 35 heavy (non-hydrogen) atoms. The first-order valence-corrected chi connectivity index (χ1v) is 12.2. The van der Waals surface area contributed by atoms with Gasteiger partial charge < -0.3 is 14.4 Å². The highest BCUT2D eigenvalue weighted by Crippen LogP contribution is 2.38. The number of hydrogen-bond donors (Lipinski definition) is 0. The summed E-state index contributed by atoms with van der Waals surface area (Å²) in [6.07, 6.45) is 3.09. The lowest BCUT2D eigenvalue weighted by atomic mass is 9.85. The molecule has 2 aromatic rings. The van der Waals surface area contributed by atoms with Crippen LogP contribution in [-0.4, -0.2) is 79.2 Å². The van der Waals surface area contributed by atoms with E-state index in [2.05, 4.69) is 4.90 Å². The number of halogens is 1. The van der Waals surface area contributed by atoms with Crippen molar-refractivity contribution in [3.8, 4) is 5.75 Å². The van der Waals surface area contributed by atoms with Crippen molar-refractivity contribution in [1.29, 1.82) is 0 Å². The summed E-state index contributed by atoms with van der Waals surface area (Å²) in [6, 6.07) is 17.2. The summed E-state index contributed by atoms with van der Waals surface area (Å²) >= 11 is 6.54. The van der Waals surface area contributed by atoms with E-state index in [0.717, 1.165) is 16.2 Å². The highest BCUT2D eigenvalue weighted by Gasteiger charge is 2.57. The smallest absolute Gasteiger partial charge is 0.328 e. The maximum atomic E-state index is 13.7. The maximum absolute atomic E-state index is 13.7. The minimum absolute atomic E-state index is 0.132. The Labute approximate surface area is 211 Å². The highest BCUT2D eigenvalue weighted by atomic mass is 35.5. The molecule has 0 aromatic heterocycles. The molecule has 186 valence electrons. The molecule has 0 aliphatic carbocycles. The molecule has 0 bridgehead atoms. The summed E-state index contributed by atoms with van der Waals surface area (Å²) in [5.41, 5.74) is 1.06. The van der Waals surface area contributed by atoms with Crippen LogP contribution in [0.25, 0.3) is 6.08 Å². The van der Waals surface area contributed by atoms with Gasteiger partial charge in [-0.15, -0.1) is 0 Å². The van der Waals surface area contributed by atoms with E-state index in [4.69, 9.17) is 21.1 Å². The van der Waals surface area contributed by atoms with Crippen LogP contribution in [-0.2, 0) is 16.1 Å². The second kappa shape index (κ2) is 11.2. The Morgan fingerprint density at radius 2 is 1.80 bits per heavy atom. The van der Waals surface area contributed by atoms with E-state index in [1.165, 1.54) is 4.90 Å². The molecular formula is C27H32ClN3O4. The Morgan fingerprint density at radius 1 is 1.06 bits per heavy atom. The van der Waals surface area contributed by atoms with Gasteiger partial charge in [-0.25, -0.2) is 4.79 Å². The van der Waals surface area contributed by atoms with Crippen molar-refractivity contribution in [2.24, 2.45) is 0 Å². The van der Waals surface area contributed by atoms with E-state index >= 15 is 0 Å². The summed E-state index contributed by atoms with van der Waals surface area (Å²) in [6.45, 7) is 2.94. The lowest BCUT2D eigenvalue weighted by molar-refractivity contribution is -0.136. The quantitative estimate of drug-likeness (QED) is 0.485. The number of carbonyl (C=O) groups is 2. The van der Waals surface area contributed by atoms with Gasteiger partial charge in [0.2, 0.25) is 0 Å². The average Bonchev–Trinajstić information content (AvgIpc) is 3.05. The van der Waals surface area contributed by atoms with Gasteiger partial charge in [0.05, 0.1) is 20.3 Å². The topological polar surface area (TPSA) is 62.3 Å². The molecule has 0 radical (unpaired) electrons. The van der Waals surface area contributed by atoms with Crippen LogP contribution in [0.15, 0.2) is 59.6 Å². The number of benzene rings is 2. The Balaban J connectivity index is 1.48. The van der Waals surface area contributed by atoms with E-state index in [1.807, 2.05) is 60.7 Å². The fraction of sp³-hybridized carbons (Fsp3) is 0.407. The number of likely N-dealkylation sites (tertiary alicyclic amines) is 1. The lowest BCUT2D eigenvalue weighted by Crippen LogP contribution is -2.57. The molecule has 2 aromatic carbocycles. The Bertz CT molecular complexity index is 1070. The largest absolute Gasteiger partial charge is 0.497 e. The SMILES string of the molecule is COCCN1C(=O)N(Cc2cccc(OC)c2)C(=O)C12CCN(C/C(Cl)=C/c1ccccc1)CC2. The molecule has 2 heterocycles. The molecule has 0 N–H and O–H groups in total. The third-order valence-electron chi connectivity index (χ3n) is 6.80. The van der Waals surface area contributed by atoms with E-state index in [0.29, 0.717) is 51.4 Å². The zero-order valence-electron chi connectivity index (χ0n) is 20.3. The van der Waals surface area contributed by atoms with Gasteiger partial charge in [-0.2, -0.15) is 0 Å². The molecule has 4 rings (SSSR count). The summed E-state index contributed by atoms with van der Waals surface area (Å²) in [5, 5.41) is 0.747. The first kappa shape index (κ1) is 25.2. The predicted octanol–water partition coefficient (Wildman–Crippen LogP) is 4.22. The molecule has 7 nitrogen and oxygen atoms in total. The number of piperidine rings is 1. The van der Waals surface area contributed by atoms with Gasteiger partial charge in [-0.3, -0.25) is 14.6 Å². The number of methoxy groups -OCH3 is 2. The molecule has 2 aliphatic heterocycles. The minimum Gasteiger partial charge on any atom is -0.497 e. The molecule has 2 fully saturated rings.